The average Bonchev–Trinajstić information content (AvgIpc) is 3.11. The Balaban J connectivity index is 1.55. The molecular formula is C28H48O4. The van der Waals surface area contributed by atoms with Crippen LogP contribution in [0, 0.1) is 52.3 Å². The largest absolute Gasteiger partial charge is 0.466 e. The predicted octanol–water partition coefficient (Wildman–Crippen LogP) is 5.59. The molecule has 0 radical (unpaired) electrons. The Morgan fingerprint density at radius 1 is 1.00 bits per heavy atom. The highest BCUT2D eigenvalue weighted by atomic mass is 16.5. The number of rotatable bonds is 6. The summed E-state index contributed by atoms with van der Waals surface area (Å²) in [7, 11) is 0. The van der Waals surface area contributed by atoms with Gasteiger partial charge in [-0.15, -0.1) is 0 Å². The summed E-state index contributed by atoms with van der Waals surface area (Å²) in [6.45, 7) is 11.9. The monoisotopic (exact) mass is 448 g/mol. The van der Waals surface area contributed by atoms with Gasteiger partial charge in [0, 0.05) is 6.42 Å². The lowest BCUT2D eigenvalue weighted by Gasteiger charge is -2.64. The van der Waals surface area contributed by atoms with Crippen molar-refractivity contribution in [1.82, 2.24) is 0 Å². The fourth-order valence-electron chi connectivity index (χ4n) is 9.71. The number of ether oxygens (including phenoxy) is 1. The van der Waals surface area contributed by atoms with Crippen LogP contribution >= 0.6 is 0 Å². The van der Waals surface area contributed by atoms with Crippen LogP contribution in [0.1, 0.15) is 98.8 Å². The van der Waals surface area contributed by atoms with Crippen molar-refractivity contribution in [3.8, 4) is 0 Å². The molecule has 4 fully saturated rings. The van der Waals surface area contributed by atoms with Gasteiger partial charge in [-0.05, 0) is 111 Å². The normalized spacial score (nSPS) is 49.0. The zero-order chi connectivity index (χ0) is 23.3. The maximum absolute atomic E-state index is 11.9. The number of carbonyl (C=O) groups excluding carboxylic acids is 1. The van der Waals surface area contributed by atoms with Crippen molar-refractivity contribution >= 4 is 5.97 Å². The van der Waals surface area contributed by atoms with Crippen LogP contribution in [0.4, 0.5) is 0 Å². The van der Waals surface area contributed by atoms with E-state index in [4.69, 9.17) is 4.74 Å². The summed E-state index contributed by atoms with van der Waals surface area (Å²) >= 11 is 0. The number of fused-ring (bicyclic) bond motifs is 5. The van der Waals surface area contributed by atoms with Crippen molar-refractivity contribution in [3.05, 3.63) is 0 Å². The van der Waals surface area contributed by atoms with Crippen LogP contribution in [-0.4, -0.2) is 35.0 Å². The number of aliphatic hydroxyl groups excluding tert-OH is 2. The van der Waals surface area contributed by atoms with Crippen molar-refractivity contribution in [2.75, 3.05) is 6.61 Å². The molecule has 184 valence electrons. The van der Waals surface area contributed by atoms with Gasteiger partial charge in [-0.2, -0.15) is 0 Å². The van der Waals surface area contributed by atoms with E-state index in [2.05, 4.69) is 27.7 Å². The van der Waals surface area contributed by atoms with Gasteiger partial charge in [-0.1, -0.05) is 34.1 Å². The lowest BCUT2D eigenvalue weighted by molar-refractivity contribution is -0.203. The highest BCUT2D eigenvalue weighted by Gasteiger charge is 2.64. The summed E-state index contributed by atoms with van der Waals surface area (Å²) in [6, 6.07) is 0. The number of esters is 1. The van der Waals surface area contributed by atoms with Crippen molar-refractivity contribution in [2.24, 2.45) is 52.3 Å². The minimum atomic E-state index is -0.230. The van der Waals surface area contributed by atoms with Crippen LogP contribution < -0.4 is 0 Å². The molecule has 0 aliphatic heterocycles. The van der Waals surface area contributed by atoms with Crippen molar-refractivity contribution < 1.29 is 19.7 Å². The van der Waals surface area contributed by atoms with Gasteiger partial charge in [0.15, 0.2) is 0 Å². The van der Waals surface area contributed by atoms with E-state index in [-0.39, 0.29) is 29.0 Å². The fraction of sp³-hybridized carbons (Fsp3) is 0.964. The van der Waals surface area contributed by atoms with E-state index in [1.54, 1.807) is 0 Å². The second kappa shape index (κ2) is 9.21. The maximum Gasteiger partial charge on any atom is 0.305 e. The van der Waals surface area contributed by atoms with Crippen LogP contribution in [0.3, 0.4) is 0 Å². The number of carbonyl (C=O) groups is 1. The molecule has 4 saturated carbocycles. The highest BCUT2D eigenvalue weighted by Crippen LogP contribution is 2.69. The van der Waals surface area contributed by atoms with Gasteiger partial charge >= 0.3 is 5.97 Å². The molecule has 4 nitrogen and oxygen atoms in total. The zero-order valence-electron chi connectivity index (χ0n) is 21.2. The van der Waals surface area contributed by atoms with Crippen molar-refractivity contribution in [2.45, 2.75) is 111 Å². The van der Waals surface area contributed by atoms with Gasteiger partial charge in [0.2, 0.25) is 0 Å². The summed E-state index contributed by atoms with van der Waals surface area (Å²) in [5.41, 5.74) is 0.532. The molecule has 2 N–H and O–H groups in total. The van der Waals surface area contributed by atoms with E-state index in [0.717, 1.165) is 32.1 Å². The fourth-order valence-corrected chi connectivity index (χ4v) is 9.71. The van der Waals surface area contributed by atoms with Crippen molar-refractivity contribution in [3.63, 3.8) is 0 Å². The molecule has 0 aromatic rings. The van der Waals surface area contributed by atoms with Gasteiger partial charge in [0.25, 0.3) is 0 Å². The Kier molecular flexibility index (Phi) is 7.05. The van der Waals surface area contributed by atoms with Crippen LogP contribution in [0.15, 0.2) is 0 Å². The molecule has 11 atom stereocenters. The molecular weight excluding hydrogens is 400 g/mol. The Bertz CT molecular complexity index is 678. The van der Waals surface area contributed by atoms with Crippen LogP contribution in [-0.2, 0) is 9.53 Å². The highest BCUT2D eigenvalue weighted by molar-refractivity contribution is 5.69. The second-order valence-corrected chi connectivity index (χ2v) is 12.4. The molecule has 5 unspecified atom stereocenters. The number of aliphatic hydroxyl groups is 2. The second-order valence-electron chi connectivity index (χ2n) is 12.4. The van der Waals surface area contributed by atoms with E-state index < -0.39 is 0 Å². The maximum atomic E-state index is 11.9. The topological polar surface area (TPSA) is 66.8 Å². The molecule has 4 heteroatoms. The van der Waals surface area contributed by atoms with Crippen LogP contribution in [0.25, 0.3) is 0 Å². The molecule has 0 aromatic heterocycles. The molecule has 0 saturated heterocycles. The summed E-state index contributed by atoms with van der Waals surface area (Å²) in [6.07, 6.45) is 9.90. The summed E-state index contributed by atoms with van der Waals surface area (Å²) in [4.78, 5) is 11.9. The minimum Gasteiger partial charge on any atom is -0.466 e. The quantitative estimate of drug-likeness (QED) is 0.520. The Morgan fingerprint density at radius 3 is 2.38 bits per heavy atom. The molecule has 0 bridgehead atoms. The number of hydrogen-bond donors (Lipinski definition) is 2. The molecule has 4 rings (SSSR count). The third-order valence-electron chi connectivity index (χ3n) is 11.3. The molecule has 0 aromatic carbocycles. The molecule has 0 spiro atoms. The van der Waals surface area contributed by atoms with E-state index in [9.17, 15) is 15.0 Å². The van der Waals surface area contributed by atoms with Crippen LogP contribution in [0.2, 0.25) is 0 Å². The van der Waals surface area contributed by atoms with Gasteiger partial charge in [-0.25, -0.2) is 0 Å². The SMILES string of the molecule is CCOC(=O)CC[C@@H](C)[C@H]1CCC2C3C(CC[C@@]21C)C1(C)CC[C@@H](O)CC1[C@@H](CC)[C@H]3O. The van der Waals surface area contributed by atoms with Gasteiger partial charge < -0.3 is 14.9 Å². The predicted molar refractivity (Wildman–Crippen MR) is 127 cm³/mol. The van der Waals surface area contributed by atoms with E-state index in [1.165, 1.54) is 25.7 Å². The van der Waals surface area contributed by atoms with Crippen molar-refractivity contribution in [1.29, 1.82) is 0 Å². The molecule has 0 amide bonds. The minimum absolute atomic E-state index is 0.0605. The molecule has 4 aliphatic rings. The summed E-state index contributed by atoms with van der Waals surface area (Å²) in [5.74, 6) is 3.44. The van der Waals surface area contributed by atoms with E-state index >= 15 is 0 Å². The van der Waals surface area contributed by atoms with Gasteiger partial charge in [0.1, 0.15) is 0 Å². The first-order chi connectivity index (χ1) is 15.2. The lowest BCUT2D eigenvalue weighted by Crippen LogP contribution is -2.62. The molecule has 0 heterocycles. The molecule has 4 aliphatic carbocycles. The van der Waals surface area contributed by atoms with Gasteiger partial charge in [0.05, 0.1) is 18.8 Å². The Labute approximate surface area is 195 Å². The standard InChI is InChI=1S/C28H48O4/c1-6-19-23-16-18(29)12-14-28(23,5)22-13-15-27(4)20(9-10-21(27)25(22)26(19)31)17(3)8-11-24(30)32-7-2/h17-23,25-26,29,31H,6-16H2,1-5H3/t17-,18-,19-,20-,21?,22?,23?,25?,26-,27-,28?/m1/s1. The average molecular weight is 449 g/mol. The summed E-state index contributed by atoms with van der Waals surface area (Å²) in [5, 5.41) is 22.2. The first kappa shape index (κ1) is 24.5. The van der Waals surface area contributed by atoms with Gasteiger partial charge in [-0.3, -0.25) is 4.79 Å². The van der Waals surface area contributed by atoms with E-state index in [1.807, 2.05) is 6.92 Å². The smallest absolute Gasteiger partial charge is 0.305 e. The van der Waals surface area contributed by atoms with E-state index in [0.29, 0.717) is 54.5 Å². The zero-order valence-corrected chi connectivity index (χ0v) is 21.2. The Morgan fingerprint density at radius 2 is 1.69 bits per heavy atom. The number of hydrogen-bond acceptors (Lipinski definition) is 4. The molecule has 32 heavy (non-hydrogen) atoms. The summed E-state index contributed by atoms with van der Waals surface area (Å²) < 4.78 is 5.17. The first-order valence-electron chi connectivity index (χ1n) is 13.7. The first-order valence-corrected chi connectivity index (χ1v) is 13.7. The lowest BCUT2D eigenvalue weighted by atomic mass is 9.41. The third kappa shape index (κ3) is 3.85. The van der Waals surface area contributed by atoms with Crippen LogP contribution in [0.5, 0.6) is 0 Å². The Hall–Kier alpha value is -0.610. The third-order valence-corrected chi connectivity index (χ3v) is 11.3.